The van der Waals surface area contributed by atoms with Gasteiger partial charge in [0.25, 0.3) is 5.91 Å². The summed E-state index contributed by atoms with van der Waals surface area (Å²) in [6, 6.07) is 4.13. The van der Waals surface area contributed by atoms with Gasteiger partial charge in [0.2, 0.25) is 0 Å². The normalized spacial score (nSPS) is 11.3. The SMILES string of the molecule is O=C(Nc1ccc(C(F)(F)F)cc1)c1cnoc1. The van der Waals surface area contributed by atoms with E-state index in [1.54, 1.807) is 0 Å². The Balaban J connectivity index is 2.09. The average Bonchev–Trinajstić information content (AvgIpc) is 2.82. The van der Waals surface area contributed by atoms with Crippen LogP contribution in [0, 0.1) is 0 Å². The molecule has 7 heteroatoms. The molecule has 0 spiro atoms. The number of alkyl halides is 3. The first-order chi connectivity index (χ1) is 8.47. The summed E-state index contributed by atoms with van der Waals surface area (Å²) >= 11 is 0. The third-order valence-electron chi connectivity index (χ3n) is 2.16. The molecule has 1 heterocycles. The lowest BCUT2D eigenvalue weighted by Crippen LogP contribution is -2.11. The first kappa shape index (κ1) is 12.2. The second kappa shape index (κ2) is 4.52. The number of carbonyl (C=O) groups excluding carboxylic acids is 1. The van der Waals surface area contributed by atoms with Gasteiger partial charge in [0, 0.05) is 5.69 Å². The van der Waals surface area contributed by atoms with Crippen LogP contribution in [-0.4, -0.2) is 11.1 Å². The maximum atomic E-state index is 12.3. The molecule has 1 aromatic heterocycles. The lowest BCUT2D eigenvalue weighted by atomic mass is 10.2. The molecule has 4 nitrogen and oxygen atoms in total. The predicted molar refractivity (Wildman–Crippen MR) is 55.9 cm³/mol. The molecule has 0 radical (unpaired) electrons. The fraction of sp³-hybridized carbons (Fsp3) is 0.0909. The zero-order valence-corrected chi connectivity index (χ0v) is 8.86. The van der Waals surface area contributed by atoms with Crippen molar-refractivity contribution in [2.45, 2.75) is 6.18 Å². The van der Waals surface area contributed by atoms with Crippen LogP contribution in [0.25, 0.3) is 0 Å². The first-order valence-corrected chi connectivity index (χ1v) is 4.85. The van der Waals surface area contributed by atoms with E-state index in [1.807, 2.05) is 0 Å². The number of anilines is 1. The number of benzene rings is 1. The van der Waals surface area contributed by atoms with Crippen LogP contribution in [0.1, 0.15) is 15.9 Å². The van der Waals surface area contributed by atoms with Crippen LogP contribution in [0.2, 0.25) is 0 Å². The number of nitrogens with zero attached hydrogens (tertiary/aromatic N) is 1. The van der Waals surface area contributed by atoms with Gasteiger partial charge in [-0.25, -0.2) is 0 Å². The molecule has 0 aliphatic carbocycles. The van der Waals surface area contributed by atoms with Gasteiger partial charge in [-0.3, -0.25) is 4.79 Å². The molecule has 0 saturated heterocycles. The minimum absolute atomic E-state index is 0.190. The molecule has 0 aliphatic heterocycles. The van der Waals surface area contributed by atoms with Crippen molar-refractivity contribution in [3.8, 4) is 0 Å². The van der Waals surface area contributed by atoms with E-state index < -0.39 is 17.6 Å². The smallest absolute Gasteiger partial charge is 0.364 e. The summed E-state index contributed by atoms with van der Waals surface area (Å²) in [6.07, 6.45) is -2.05. The zero-order valence-electron chi connectivity index (χ0n) is 8.86. The number of amides is 1. The lowest BCUT2D eigenvalue weighted by molar-refractivity contribution is -0.137. The van der Waals surface area contributed by atoms with E-state index in [2.05, 4.69) is 15.0 Å². The number of hydrogen-bond acceptors (Lipinski definition) is 3. The Labute approximate surface area is 99.4 Å². The average molecular weight is 256 g/mol. The molecule has 0 atom stereocenters. The molecule has 0 saturated carbocycles. The van der Waals surface area contributed by atoms with Crippen molar-refractivity contribution in [3.63, 3.8) is 0 Å². The lowest BCUT2D eigenvalue weighted by Gasteiger charge is -2.08. The van der Waals surface area contributed by atoms with E-state index in [9.17, 15) is 18.0 Å². The van der Waals surface area contributed by atoms with Gasteiger partial charge < -0.3 is 9.84 Å². The van der Waals surface area contributed by atoms with E-state index in [-0.39, 0.29) is 11.3 Å². The Kier molecular flexibility index (Phi) is 3.05. The van der Waals surface area contributed by atoms with Crippen LogP contribution in [0.3, 0.4) is 0 Å². The summed E-state index contributed by atoms with van der Waals surface area (Å²) in [5.41, 5.74) is -0.324. The first-order valence-electron chi connectivity index (χ1n) is 4.85. The highest BCUT2D eigenvalue weighted by atomic mass is 19.4. The number of rotatable bonds is 2. The summed E-state index contributed by atoms with van der Waals surface area (Å²) in [7, 11) is 0. The van der Waals surface area contributed by atoms with Gasteiger partial charge in [-0.15, -0.1) is 0 Å². The van der Waals surface area contributed by atoms with E-state index in [0.29, 0.717) is 0 Å². The fourth-order valence-electron chi connectivity index (χ4n) is 1.26. The standard InChI is InChI=1S/C11H7F3N2O2/c12-11(13,14)8-1-3-9(4-2-8)16-10(17)7-5-15-18-6-7/h1-6H,(H,16,17). The number of carbonyl (C=O) groups is 1. The number of halogens is 3. The third-order valence-corrected chi connectivity index (χ3v) is 2.16. The Bertz CT molecular complexity index is 532. The maximum Gasteiger partial charge on any atom is 0.416 e. The van der Waals surface area contributed by atoms with Crippen molar-refractivity contribution >= 4 is 11.6 Å². The van der Waals surface area contributed by atoms with Gasteiger partial charge in [-0.2, -0.15) is 13.2 Å². The molecule has 1 aromatic carbocycles. The van der Waals surface area contributed by atoms with E-state index in [0.717, 1.165) is 18.4 Å². The Morgan fingerprint density at radius 2 is 1.89 bits per heavy atom. The second-order valence-corrected chi connectivity index (χ2v) is 3.44. The molecule has 0 unspecified atom stereocenters. The third kappa shape index (κ3) is 2.68. The largest absolute Gasteiger partial charge is 0.416 e. The van der Waals surface area contributed by atoms with E-state index in [1.165, 1.54) is 18.3 Å². The quantitative estimate of drug-likeness (QED) is 0.898. The molecular weight excluding hydrogens is 249 g/mol. The van der Waals surface area contributed by atoms with Gasteiger partial charge in [0.1, 0.15) is 6.26 Å². The molecule has 1 amide bonds. The van der Waals surface area contributed by atoms with Crippen molar-refractivity contribution in [3.05, 3.63) is 47.9 Å². The second-order valence-electron chi connectivity index (χ2n) is 3.44. The van der Waals surface area contributed by atoms with Crippen LogP contribution < -0.4 is 5.32 Å². The van der Waals surface area contributed by atoms with Crippen molar-refractivity contribution in [2.75, 3.05) is 5.32 Å². The molecule has 1 N–H and O–H groups in total. The van der Waals surface area contributed by atoms with Crippen LogP contribution >= 0.6 is 0 Å². The molecule has 0 fully saturated rings. The highest BCUT2D eigenvalue weighted by Crippen LogP contribution is 2.29. The van der Waals surface area contributed by atoms with Crippen molar-refractivity contribution in [1.82, 2.24) is 5.16 Å². The highest BCUT2D eigenvalue weighted by molar-refractivity contribution is 6.03. The molecule has 2 aromatic rings. The van der Waals surface area contributed by atoms with Crippen molar-refractivity contribution in [1.29, 1.82) is 0 Å². The minimum Gasteiger partial charge on any atom is -0.364 e. The van der Waals surface area contributed by atoms with Crippen LogP contribution in [0.4, 0.5) is 18.9 Å². The van der Waals surface area contributed by atoms with Crippen molar-refractivity contribution in [2.24, 2.45) is 0 Å². The van der Waals surface area contributed by atoms with Gasteiger partial charge >= 0.3 is 6.18 Å². The summed E-state index contributed by atoms with van der Waals surface area (Å²) in [5.74, 6) is -0.504. The molecule has 0 aliphatic rings. The Hall–Kier alpha value is -2.31. The number of aromatic nitrogens is 1. The summed E-state index contributed by atoms with van der Waals surface area (Å²) < 4.78 is 41.4. The van der Waals surface area contributed by atoms with Crippen LogP contribution in [-0.2, 0) is 6.18 Å². The Morgan fingerprint density at radius 3 is 2.39 bits per heavy atom. The topological polar surface area (TPSA) is 55.1 Å². The van der Waals surface area contributed by atoms with Crippen molar-refractivity contribution < 1.29 is 22.5 Å². The van der Waals surface area contributed by atoms with E-state index in [4.69, 9.17) is 0 Å². The minimum atomic E-state index is -4.39. The van der Waals surface area contributed by atoms with Crippen LogP contribution in [0.5, 0.6) is 0 Å². The van der Waals surface area contributed by atoms with Gasteiger partial charge in [0.15, 0.2) is 0 Å². The Morgan fingerprint density at radius 1 is 1.22 bits per heavy atom. The molecule has 2 rings (SSSR count). The number of nitrogens with one attached hydrogen (secondary N) is 1. The molecule has 18 heavy (non-hydrogen) atoms. The monoisotopic (exact) mass is 256 g/mol. The van der Waals surface area contributed by atoms with Gasteiger partial charge in [-0.05, 0) is 24.3 Å². The predicted octanol–water partition coefficient (Wildman–Crippen LogP) is 2.95. The van der Waals surface area contributed by atoms with E-state index >= 15 is 0 Å². The highest BCUT2D eigenvalue weighted by Gasteiger charge is 2.29. The van der Waals surface area contributed by atoms with Gasteiger partial charge in [-0.1, -0.05) is 5.16 Å². The van der Waals surface area contributed by atoms with Gasteiger partial charge in [0.05, 0.1) is 17.3 Å². The molecule has 94 valence electrons. The van der Waals surface area contributed by atoms with Crippen LogP contribution in [0.15, 0.2) is 41.2 Å². The fourth-order valence-corrected chi connectivity index (χ4v) is 1.26. The maximum absolute atomic E-state index is 12.3. The molecule has 0 bridgehead atoms. The summed E-state index contributed by atoms with van der Waals surface area (Å²) in [5, 5.41) is 5.76. The number of hydrogen-bond donors (Lipinski definition) is 1. The summed E-state index contributed by atoms with van der Waals surface area (Å²) in [6.45, 7) is 0. The zero-order chi connectivity index (χ0) is 13.2. The molecular formula is C11H7F3N2O2. The summed E-state index contributed by atoms with van der Waals surface area (Å²) in [4.78, 5) is 11.5.